The maximum Gasteiger partial charge on any atom is 0.415 e. The lowest BCUT2D eigenvalue weighted by Crippen LogP contribution is -2.21. The topological polar surface area (TPSA) is 64.6 Å². The molecule has 1 atom stereocenters. The lowest BCUT2D eigenvalue weighted by Gasteiger charge is -2.17. The van der Waals surface area contributed by atoms with E-state index in [1.54, 1.807) is 11.8 Å². The molecule has 1 saturated heterocycles. The van der Waals surface area contributed by atoms with E-state index >= 15 is 0 Å². The first-order valence-corrected chi connectivity index (χ1v) is 7.01. The van der Waals surface area contributed by atoms with Crippen LogP contribution in [0.2, 0.25) is 5.02 Å². The van der Waals surface area contributed by atoms with E-state index in [2.05, 4.69) is 5.32 Å². The van der Waals surface area contributed by atoms with Gasteiger partial charge >= 0.3 is 6.09 Å². The normalized spacial score (nSPS) is 21.1. The van der Waals surface area contributed by atoms with Crippen molar-refractivity contribution in [1.29, 1.82) is 0 Å². The molecule has 0 aliphatic carbocycles. The third-order valence-corrected chi connectivity index (χ3v) is 4.53. The number of ether oxygens (including phenoxy) is 2. The minimum absolute atomic E-state index is 0.393. The van der Waals surface area contributed by atoms with Gasteiger partial charge in [0.2, 0.25) is 6.10 Å². The average molecular weight is 300 g/mol. The van der Waals surface area contributed by atoms with E-state index in [1.165, 1.54) is 7.11 Å². The first kappa shape index (κ1) is 12.6. The van der Waals surface area contributed by atoms with E-state index in [0.717, 1.165) is 22.6 Å². The number of carbonyl (C=O) groups is 2. The van der Waals surface area contributed by atoms with Crippen LogP contribution >= 0.6 is 23.4 Å². The molecular formula is C12H10ClNO4S. The molecule has 5 nitrogen and oxygen atoms in total. The number of alkyl carbamates (subject to hydrolysis) is 1. The zero-order valence-electron chi connectivity index (χ0n) is 9.99. The van der Waals surface area contributed by atoms with Gasteiger partial charge in [-0.3, -0.25) is 10.1 Å². The number of thioether (sulfide) groups is 1. The highest BCUT2D eigenvalue weighted by Gasteiger charge is 2.39. The van der Waals surface area contributed by atoms with Crippen molar-refractivity contribution in [3.05, 3.63) is 22.2 Å². The van der Waals surface area contributed by atoms with Crippen LogP contribution in [0.15, 0.2) is 11.0 Å². The summed E-state index contributed by atoms with van der Waals surface area (Å²) in [6, 6.07) is 1.84. The molecule has 7 heteroatoms. The van der Waals surface area contributed by atoms with E-state index in [0.29, 0.717) is 16.3 Å². The minimum Gasteiger partial charge on any atom is -0.495 e. The SMILES string of the molecule is COc1c(Cl)cc2c(c1C1OC(=O)NC1=O)SCC2. The lowest BCUT2D eigenvalue weighted by atomic mass is 10.0. The number of carbonyl (C=O) groups excluding carboxylic acids is 2. The summed E-state index contributed by atoms with van der Waals surface area (Å²) in [6.07, 6.45) is -0.854. The molecule has 3 rings (SSSR count). The molecule has 2 aliphatic rings. The van der Waals surface area contributed by atoms with Gasteiger partial charge in [0.1, 0.15) is 5.75 Å². The molecule has 0 radical (unpaired) electrons. The van der Waals surface area contributed by atoms with Gasteiger partial charge in [0.15, 0.2) is 0 Å². The average Bonchev–Trinajstić information content (AvgIpc) is 2.93. The summed E-state index contributed by atoms with van der Waals surface area (Å²) >= 11 is 7.78. The van der Waals surface area contributed by atoms with Crippen molar-refractivity contribution in [2.24, 2.45) is 0 Å². The zero-order chi connectivity index (χ0) is 13.6. The molecule has 0 saturated carbocycles. The predicted molar refractivity (Wildman–Crippen MR) is 69.8 cm³/mol. The monoisotopic (exact) mass is 299 g/mol. The van der Waals surface area contributed by atoms with Crippen LogP contribution < -0.4 is 10.1 Å². The molecule has 0 bridgehead atoms. The Kier molecular flexibility index (Phi) is 3.06. The molecule has 0 aromatic heterocycles. The second kappa shape index (κ2) is 4.61. The lowest BCUT2D eigenvalue weighted by molar-refractivity contribution is -0.123. The Hall–Kier alpha value is -1.40. The summed E-state index contributed by atoms with van der Waals surface area (Å²) in [7, 11) is 1.48. The van der Waals surface area contributed by atoms with Gasteiger partial charge in [0, 0.05) is 10.6 Å². The first-order valence-electron chi connectivity index (χ1n) is 5.65. The summed E-state index contributed by atoms with van der Waals surface area (Å²) in [6.45, 7) is 0. The van der Waals surface area contributed by atoms with Gasteiger partial charge < -0.3 is 9.47 Å². The largest absolute Gasteiger partial charge is 0.495 e. The molecule has 1 fully saturated rings. The molecule has 0 spiro atoms. The number of nitrogens with one attached hydrogen (secondary N) is 1. The highest BCUT2D eigenvalue weighted by molar-refractivity contribution is 7.99. The summed E-state index contributed by atoms with van der Waals surface area (Å²) in [5.74, 6) is 0.818. The number of rotatable bonds is 2. The Morgan fingerprint density at radius 3 is 2.95 bits per heavy atom. The van der Waals surface area contributed by atoms with Crippen LogP contribution in [-0.4, -0.2) is 24.9 Å². The van der Waals surface area contributed by atoms with Crippen molar-refractivity contribution in [1.82, 2.24) is 5.32 Å². The number of aryl methyl sites for hydroxylation is 1. The molecule has 1 aromatic carbocycles. The van der Waals surface area contributed by atoms with Gasteiger partial charge in [-0.2, -0.15) is 0 Å². The summed E-state index contributed by atoms with van der Waals surface area (Å²) in [5, 5.41) is 2.54. The van der Waals surface area contributed by atoms with E-state index in [-0.39, 0.29) is 0 Å². The fourth-order valence-corrected chi connectivity index (χ4v) is 3.84. The van der Waals surface area contributed by atoms with Crippen molar-refractivity contribution in [2.75, 3.05) is 12.9 Å². The van der Waals surface area contributed by atoms with E-state index in [9.17, 15) is 9.59 Å². The zero-order valence-corrected chi connectivity index (χ0v) is 11.6. The summed E-state index contributed by atoms with van der Waals surface area (Å²) in [4.78, 5) is 23.9. The van der Waals surface area contributed by atoms with Gasteiger partial charge in [0.25, 0.3) is 5.91 Å². The Balaban J connectivity index is 2.19. The van der Waals surface area contributed by atoms with Gasteiger partial charge in [-0.25, -0.2) is 4.79 Å². The predicted octanol–water partition coefficient (Wildman–Crippen LogP) is 2.30. The van der Waals surface area contributed by atoms with Gasteiger partial charge in [0.05, 0.1) is 17.7 Å². The fourth-order valence-electron chi connectivity index (χ4n) is 2.30. The second-order valence-electron chi connectivity index (χ2n) is 4.17. The summed E-state index contributed by atoms with van der Waals surface area (Å²) in [5.41, 5.74) is 1.61. The van der Waals surface area contributed by atoms with Crippen LogP contribution in [0.4, 0.5) is 4.79 Å². The van der Waals surface area contributed by atoms with Crippen LogP contribution in [0.3, 0.4) is 0 Å². The number of hydrogen-bond acceptors (Lipinski definition) is 5. The molecule has 1 unspecified atom stereocenters. The number of imide groups is 1. The molecule has 1 N–H and O–H groups in total. The standard InChI is InChI=1S/C12H10ClNO4S/c1-17-8-6(13)4-5-2-3-19-10(5)7(8)9-11(15)14-12(16)18-9/h4,9H,2-3H2,1H3,(H,14,15,16). The maximum absolute atomic E-state index is 11.8. The molecule has 2 heterocycles. The Labute approximate surface area is 118 Å². The molecule has 2 aliphatic heterocycles. The highest BCUT2D eigenvalue weighted by Crippen LogP contribution is 2.47. The molecule has 100 valence electrons. The van der Waals surface area contributed by atoms with Gasteiger partial charge in [-0.1, -0.05) is 11.6 Å². The summed E-state index contributed by atoms with van der Waals surface area (Å²) < 4.78 is 10.3. The van der Waals surface area contributed by atoms with Crippen molar-refractivity contribution >= 4 is 35.4 Å². The number of benzene rings is 1. The highest BCUT2D eigenvalue weighted by atomic mass is 35.5. The Bertz CT molecular complexity index is 586. The molecule has 1 aromatic rings. The Morgan fingerprint density at radius 1 is 1.53 bits per heavy atom. The molecule has 19 heavy (non-hydrogen) atoms. The first-order chi connectivity index (χ1) is 9.11. The number of halogens is 1. The van der Waals surface area contributed by atoms with Gasteiger partial charge in [-0.15, -0.1) is 11.8 Å². The molecule has 2 amide bonds. The number of hydrogen-bond donors (Lipinski definition) is 1. The fraction of sp³-hybridized carbons (Fsp3) is 0.333. The smallest absolute Gasteiger partial charge is 0.415 e. The number of methoxy groups -OCH3 is 1. The number of cyclic esters (lactones) is 1. The number of amides is 2. The van der Waals surface area contributed by atoms with E-state index < -0.39 is 18.1 Å². The number of fused-ring (bicyclic) bond motifs is 1. The van der Waals surface area contributed by atoms with Gasteiger partial charge in [-0.05, 0) is 18.1 Å². The second-order valence-corrected chi connectivity index (χ2v) is 5.68. The van der Waals surface area contributed by atoms with Crippen molar-refractivity contribution < 1.29 is 19.1 Å². The van der Waals surface area contributed by atoms with Crippen LogP contribution in [-0.2, 0) is 16.0 Å². The minimum atomic E-state index is -0.986. The van der Waals surface area contributed by atoms with Crippen molar-refractivity contribution in [3.8, 4) is 5.75 Å². The van der Waals surface area contributed by atoms with Crippen LogP contribution in [0.5, 0.6) is 5.75 Å². The maximum atomic E-state index is 11.8. The van der Waals surface area contributed by atoms with E-state index in [1.807, 2.05) is 6.07 Å². The van der Waals surface area contributed by atoms with E-state index in [4.69, 9.17) is 21.1 Å². The van der Waals surface area contributed by atoms with Crippen molar-refractivity contribution in [2.45, 2.75) is 17.4 Å². The quantitative estimate of drug-likeness (QED) is 0.908. The molecular weight excluding hydrogens is 290 g/mol. The third-order valence-electron chi connectivity index (χ3n) is 3.07. The Morgan fingerprint density at radius 2 is 2.32 bits per heavy atom. The van der Waals surface area contributed by atoms with Crippen LogP contribution in [0.25, 0.3) is 0 Å². The van der Waals surface area contributed by atoms with Crippen molar-refractivity contribution in [3.63, 3.8) is 0 Å². The third kappa shape index (κ3) is 1.95. The van der Waals surface area contributed by atoms with Crippen LogP contribution in [0.1, 0.15) is 17.2 Å². The van der Waals surface area contributed by atoms with Crippen LogP contribution in [0, 0.1) is 0 Å².